The minimum absolute atomic E-state index is 0.765. The van der Waals surface area contributed by atoms with Crippen molar-refractivity contribution in [3.8, 4) is 0 Å². The summed E-state index contributed by atoms with van der Waals surface area (Å²) in [6.45, 7) is 6.86. The predicted octanol–water partition coefficient (Wildman–Crippen LogP) is 3.56. The lowest BCUT2D eigenvalue weighted by molar-refractivity contribution is 0.279. The van der Waals surface area contributed by atoms with Crippen LogP contribution < -0.4 is 5.32 Å². The molecule has 1 aromatic heterocycles. The molecule has 2 aromatic rings. The topological polar surface area (TPSA) is 15.3 Å². The largest absolute Gasteiger partial charge is 0.315 e. The molecule has 0 aliphatic carbocycles. The van der Waals surface area contributed by atoms with Crippen LogP contribution in [-0.2, 0) is 13.1 Å². The summed E-state index contributed by atoms with van der Waals surface area (Å²) in [4.78, 5) is 4.12. The molecule has 1 atom stereocenters. The summed E-state index contributed by atoms with van der Waals surface area (Å²) in [5.41, 5.74) is 1.54. The summed E-state index contributed by atoms with van der Waals surface area (Å²) in [6, 6.07) is 8.83. The average molecular weight is 306 g/mol. The molecule has 0 saturated carbocycles. The van der Waals surface area contributed by atoms with Gasteiger partial charge in [0.2, 0.25) is 0 Å². The Hall–Kier alpha value is -0.550. The first kappa shape index (κ1) is 14.4. The first-order valence-corrected chi connectivity index (χ1v) is 9.12. The van der Waals surface area contributed by atoms with Gasteiger partial charge in [-0.3, -0.25) is 4.90 Å². The van der Waals surface area contributed by atoms with Gasteiger partial charge in [0.15, 0.2) is 0 Å². The molecular formula is C16H22N2S2. The van der Waals surface area contributed by atoms with E-state index in [4.69, 9.17) is 0 Å². The third-order valence-electron chi connectivity index (χ3n) is 3.83. The van der Waals surface area contributed by atoms with Crippen LogP contribution in [0.4, 0.5) is 0 Å². The standard InChI is InChI=1S/C16H22N2S2/c1-12-10-18(7-8-19-12)11-14-13-5-3-4-6-15(13)20-16(14)9-17-2/h3-6,12,17H,7-11H2,1-2H3. The van der Waals surface area contributed by atoms with Crippen molar-refractivity contribution in [2.24, 2.45) is 0 Å². The van der Waals surface area contributed by atoms with Crippen LogP contribution in [0.2, 0.25) is 0 Å². The highest BCUT2D eigenvalue weighted by atomic mass is 32.2. The molecule has 3 rings (SSSR count). The number of thiophene rings is 1. The van der Waals surface area contributed by atoms with Gasteiger partial charge in [-0.15, -0.1) is 11.3 Å². The summed E-state index contributed by atoms with van der Waals surface area (Å²) in [7, 11) is 2.04. The zero-order chi connectivity index (χ0) is 13.9. The number of benzene rings is 1. The first-order chi connectivity index (χ1) is 9.78. The van der Waals surface area contributed by atoms with Crippen LogP contribution in [0.15, 0.2) is 24.3 Å². The summed E-state index contributed by atoms with van der Waals surface area (Å²) < 4.78 is 1.42. The number of hydrogen-bond donors (Lipinski definition) is 1. The fourth-order valence-electron chi connectivity index (χ4n) is 2.88. The zero-order valence-corrected chi connectivity index (χ0v) is 13.8. The van der Waals surface area contributed by atoms with Gasteiger partial charge in [0.05, 0.1) is 0 Å². The second-order valence-electron chi connectivity index (χ2n) is 5.45. The Balaban J connectivity index is 1.90. The highest BCUT2D eigenvalue weighted by molar-refractivity contribution is 7.99. The van der Waals surface area contributed by atoms with Gasteiger partial charge in [-0.25, -0.2) is 0 Å². The minimum atomic E-state index is 0.765. The maximum absolute atomic E-state index is 3.32. The molecule has 1 aliphatic heterocycles. The van der Waals surface area contributed by atoms with Gasteiger partial charge >= 0.3 is 0 Å². The molecule has 2 nitrogen and oxygen atoms in total. The molecule has 1 aromatic carbocycles. The van der Waals surface area contributed by atoms with Crippen molar-refractivity contribution in [2.45, 2.75) is 25.3 Å². The predicted molar refractivity (Wildman–Crippen MR) is 91.8 cm³/mol. The van der Waals surface area contributed by atoms with Crippen LogP contribution in [0.3, 0.4) is 0 Å². The van der Waals surface area contributed by atoms with Gasteiger partial charge in [0.25, 0.3) is 0 Å². The van der Waals surface area contributed by atoms with Crippen molar-refractivity contribution in [3.63, 3.8) is 0 Å². The van der Waals surface area contributed by atoms with Gasteiger partial charge in [-0.2, -0.15) is 11.8 Å². The van der Waals surface area contributed by atoms with Crippen LogP contribution in [-0.4, -0.2) is 36.0 Å². The van der Waals surface area contributed by atoms with Crippen LogP contribution in [0.1, 0.15) is 17.4 Å². The fraction of sp³-hybridized carbons (Fsp3) is 0.500. The number of nitrogens with zero attached hydrogens (tertiary/aromatic N) is 1. The van der Waals surface area contributed by atoms with Crippen molar-refractivity contribution < 1.29 is 0 Å². The van der Waals surface area contributed by atoms with E-state index in [0.29, 0.717) is 0 Å². The first-order valence-electron chi connectivity index (χ1n) is 7.25. The lowest BCUT2D eigenvalue weighted by Crippen LogP contribution is -2.36. The monoisotopic (exact) mass is 306 g/mol. The molecule has 0 spiro atoms. The molecule has 1 unspecified atom stereocenters. The Morgan fingerprint density at radius 1 is 1.35 bits per heavy atom. The molecule has 2 heterocycles. The van der Waals surface area contributed by atoms with Crippen LogP contribution >= 0.6 is 23.1 Å². The van der Waals surface area contributed by atoms with E-state index < -0.39 is 0 Å². The minimum Gasteiger partial charge on any atom is -0.315 e. The van der Waals surface area contributed by atoms with Crippen molar-refractivity contribution >= 4 is 33.2 Å². The number of hydrogen-bond acceptors (Lipinski definition) is 4. The Morgan fingerprint density at radius 2 is 2.20 bits per heavy atom. The van der Waals surface area contributed by atoms with Crippen molar-refractivity contribution in [1.29, 1.82) is 0 Å². The van der Waals surface area contributed by atoms with E-state index in [1.807, 2.05) is 18.4 Å². The maximum Gasteiger partial charge on any atom is 0.0349 e. The second-order valence-corrected chi connectivity index (χ2v) is 8.13. The highest BCUT2D eigenvalue weighted by Crippen LogP contribution is 2.33. The van der Waals surface area contributed by atoms with E-state index in [9.17, 15) is 0 Å². The van der Waals surface area contributed by atoms with Crippen LogP contribution in [0.5, 0.6) is 0 Å². The fourth-order valence-corrected chi connectivity index (χ4v) is 5.19. The number of nitrogens with one attached hydrogen (secondary N) is 1. The van der Waals surface area contributed by atoms with Crippen molar-refractivity contribution in [1.82, 2.24) is 10.2 Å². The van der Waals surface area contributed by atoms with E-state index in [0.717, 1.165) is 18.3 Å². The van der Waals surface area contributed by atoms with E-state index in [2.05, 4.69) is 53.2 Å². The van der Waals surface area contributed by atoms with Gasteiger partial charge in [0, 0.05) is 46.8 Å². The zero-order valence-electron chi connectivity index (χ0n) is 12.2. The quantitative estimate of drug-likeness (QED) is 0.930. The number of rotatable bonds is 4. The Kier molecular flexibility index (Phi) is 4.66. The smallest absolute Gasteiger partial charge is 0.0349 e. The van der Waals surface area contributed by atoms with E-state index >= 15 is 0 Å². The normalized spacial score (nSPS) is 20.6. The average Bonchev–Trinajstić information content (AvgIpc) is 2.78. The molecule has 0 amide bonds. The van der Waals surface area contributed by atoms with Gasteiger partial charge in [0.1, 0.15) is 0 Å². The molecule has 108 valence electrons. The molecule has 0 radical (unpaired) electrons. The lowest BCUT2D eigenvalue weighted by Gasteiger charge is -2.30. The Labute approximate surface area is 129 Å². The second kappa shape index (κ2) is 6.48. The Morgan fingerprint density at radius 3 is 3.00 bits per heavy atom. The molecular weight excluding hydrogens is 284 g/mol. The van der Waals surface area contributed by atoms with Gasteiger partial charge < -0.3 is 5.32 Å². The van der Waals surface area contributed by atoms with Crippen molar-refractivity contribution in [3.05, 3.63) is 34.7 Å². The summed E-state index contributed by atoms with van der Waals surface area (Å²) in [6.07, 6.45) is 0. The Bertz CT molecular complexity index is 579. The molecule has 1 saturated heterocycles. The molecule has 1 aliphatic rings. The van der Waals surface area contributed by atoms with E-state index in [-0.39, 0.29) is 0 Å². The van der Waals surface area contributed by atoms with E-state index in [1.54, 1.807) is 5.56 Å². The maximum atomic E-state index is 3.32. The molecule has 1 N–H and O–H groups in total. The summed E-state index contributed by atoms with van der Waals surface area (Å²) >= 11 is 4.04. The van der Waals surface area contributed by atoms with Crippen molar-refractivity contribution in [2.75, 3.05) is 25.9 Å². The molecule has 1 fully saturated rings. The number of thioether (sulfide) groups is 1. The van der Waals surface area contributed by atoms with Crippen LogP contribution in [0.25, 0.3) is 10.1 Å². The molecule has 20 heavy (non-hydrogen) atoms. The van der Waals surface area contributed by atoms with E-state index in [1.165, 1.54) is 33.8 Å². The molecule has 4 heteroatoms. The third kappa shape index (κ3) is 3.03. The SMILES string of the molecule is CNCc1sc2ccccc2c1CN1CCSC(C)C1. The van der Waals surface area contributed by atoms with Crippen LogP contribution in [0, 0.1) is 0 Å². The number of fused-ring (bicyclic) bond motifs is 1. The third-order valence-corrected chi connectivity index (χ3v) is 6.18. The van der Waals surface area contributed by atoms with Gasteiger partial charge in [-0.1, -0.05) is 25.1 Å². The summed E-state index contributed by atoms with van der Waals surface area (Å²) in [5.74, 6) is 1.27. The van der Waals surface area contributed by atoms with Gasteiger partial charge in [-0.05, 0) is 24.1 Å². The molecule has 0 bridgehead atoms. The highest BCUT2D eigenvalue weighted by Gasteiger charge is 2.20. The lowest BCUT2D eigenvalue weighted by atomic mass is 10.1. The summed E-state index contributed by atoms with van der Waals surface area (Å²) in [5, 5.41) is 5.54.